The highest BCUT2D eigenvalue weighted by Crippen LogP contribution is 1.81. The summed E-state index contributed by atoms with van der Waals surface area (Å²) in [6.07, 6.45) is 0. The van der Waals surface area contributed by atoms with Gasteiger partial charge in [0, 0.05) is 20.5 Å². The zero-order chi connectivity index (χ0) is 4.28. The molecule has 24 valence electrons. The molecule has 4 heteroatoms. The maximum absolute atomic E-state index is 11.0. The van der Waals surface area contributed by atoms with Gasteiger partial charge < -0.3 is 4.11 Å². The fourth-order valence-corrected chi connectivity index (χ4v) is 0. The van der Waals surface area contributed by atoms with Crippen molar-refractivity contribution in [1.82, 2.24) is 0 Å². The first-order chi connectivity index (χ1) is 2.27. The third kappa shape index (κ3) is 4.58. The van der Waals surface area contributed by atoms with Gasteiger partial charge >= 0.3 is 0 Å². The van der Waals surface area contributed by atoms with E-state index in [1.165, 1.54) is 0 Å². The molecular weight excluding hydrogens is 115 g/mol. The summed E-state index contributed by atoms with van der Waals surface area (Å²) < 4.78 is 11.0. The molecule has 0 rings (SSSR count). The lowest BCUT2D eigenvalue weighted by Gasteiger charge is -1.82. The Morgan fingerprint density at radius 2 is 1.80 bits per heavy atom. The van der Waals surface area contributed by atoms with Crippen LogP contribution in [-0.2, 0) is 0 Å². The van der Waals surface area contributed by atoms with E-state index in [9.17, 15) is 4.11 Å². The van der Waals surface area contributed by atoms with Gasteiger partial charge in [-0.05, 0) is 4.79 Å². The van der Waals surface area contributed by atoms with Gasteiger partial charge in [0.15, 0.2) is 0 Å². The zero-order valence-electron chi connectivity index (χ0n) is 2.46. The van der Waals surface area contributed by atoms with E-state index >= 15 is 0 Å². The highest BCUT2D eigenvalue weighted by Gasteiger charge is 1.90. The highest BCUT2D eigenvalue weighted by molar-refractivity contribution is 6.60. The van der Waals surface area contributed by atoms with Crippen LogP contribution in [0.15, 0.2) is 0 Å². The standard InChI is InChI=1S/CHFSi3/c2-5-1(3)4/h1H. The minimum Gasteiger partial charge on any atom is -0.315 e. The van der Waals surface area contributed by atoms with Crippen LogP contribution in [0.2, 0.25) is 4.79 Å². The third-order valence-corrected chi connectivity index (χ3v) is 0.982. The van der Waals surface area contributed by atoms with E-state index < -0.39 is 9.85 Å². The molecule has 0 aliphatic heterocycles. The fraction of sp³-hybridized carbons (Fsp3) is 1.00. The Kier molecular flexibility index (Phi) is 3.12. The molecule has 0 fully saturated rings. The van der Waals surface area contributed by atoms with Gasteiger partial charge in [-0.25, -0.2) is 0 Å². The van der Waals surface area contributed by atoms with Crippen molar-refractivity contribution in [1.29, 1.82) is 0 Å². The average molecular weight is 116 g/mol. The topological polar surface area (TPSA) is 0 Å². The maximum Gasteiger partial charge on any atom is 0.290 e. The molecule has 0 aliphatic rings. The molecule has 8 radical (unpaired) electrons. The van der Waals surface area contributed by atoms with Gasteiger partial charge in [-0.1, -0.05) is 0 Å². The van der Waals surface area contributed by atoms with Crippen molar-refractivity contribution in [3.63, 3.8) is 0 Å². The molecule has 0 heterocycles. The lowest BCUT2D eigenvalue weighted by molar-refractivity contribution is 0.869. The summed E-state index contributed by atoms with van der Waals surface area (Å²) in [5.41, 5.74) is 0. The molecule has 0 aromatic carbocycles. The van der Waals surface area contributed by atoms with Crippen LogP contribution >= 0.6 is 0 Å². The van der Waals surface area contributed by atoms with Crippen molar-refractivity contribution < 1.29 is 4.11 Å². The van der Waals surface area contributed by atoms with Crippen LogP contribution in [-0.4, -0.2) is 30.3 Å². The Morgan fingerprint density at radius 3 is 1.80 bits per heavy atom. The molecule has 5 heavy (non-hydrogen) atoms. The second-order valence-corrected chi connectivity index (χ2v) is 4.22. The first kappa shape index (κ1) is 5.58. The quantitative estimate of drug-likeness (QED) is 0.323. The number of halogens is 1. The van der Waals surface area contributed by atoms with Gasteiger partial charge in [-0.15, -0.1) is 0 Å². The molecule has 0 saturated carbocycles. The molecule has 0 aromatic rings. The summed E-state index contributed by atoms with van der Waals surface area (Å²) in [4.78, 5) is -0.144. The van der Waals surface area contributed by atoms with Crippen molar-refractivity contribution >= 4 is 30.3 Å². The van der Waals surface area contributed by atoms with Crippen LogP contribution in [0, 0.1) is 0 Å². The number of hydrogen-bond donors (Lipinski definition) is 0. The van der Waals surface area contributed by atoms with Crippen LogP contribution < -0.4 is 0 Å². The first-order valence-electron chi connectivity index (χ1n) is 1.06. The van der Waals surface area contributed by atoms with Crippen LogP contribution in [0.5, 0.6) is 0 Å². The summed E-state index contributed by atoms with van der Waals surface area (Å²) in [5.74, 6) is 0. The van der Waals surface area contributed by atoms with Gasteiger partial charge in [-0.2, -0.15) is 0 Å². The molecule has 0 N–H and O–H groups in total. The Balaban J connectivity index is 2.54. The van der Waals surface area contributed by atoms with Gasteiger partial charge in [0.05, 0.1) is 0 Å². The van der Waals surface area contributed by atoms with E-state index in [1.807, 2.05) is 0 Å². The molecule has 0 aromatic heterocycles. The second-order valence-electron chi connectivity index (χ2n) is 0.542. The van der Waals surface area contributed by atoms with Gasteiger partial charge in [-0.3, -0.25) is 0 Å². The highest BCUT2D eigenvalue weighted by atomic mass is 28.3. The van der Waals surface area contributed by atoms with E-state index in [-0.39, 0.29) is 4.79 Å². The van der Waals surface area contributed by atoms with Crippen LogP contribution in [0.3, 0.4) is 0 Å². The van der Waals surface area contributed by atoms with Crippen LogP contribution in [0.25, 0.3) is 0 Å². The molecule has 0 amide bonds. The molecule has 0 nitrogen and oxygen atoms in total. The predicted molar refractivity (Wildman–Crippen MR) is 22.1 cm³/mol. The lowest BCUT2D eigenvalue weighted by atomic mass is 11.8. The molecule has 0 aliphatic carbocycles. The Hall–Kier alpha value is 0.581. The average Bonchev–Trinajstić information content (AvgIpc) is 1.38. The molecule has 0 saturated heterocycles. The minimum atomic E-state index is -0.559. The van der Waals surface area contributed by atoms with E-state index in [2.05, 4.69) is 20.5 Å². The molecule has 0 bridgehead atoms. The van der Waals surface area contributed by atoms with Gasteiger partial charge in [0.25, 0.3) is 9.85 Å². The van der Waals surface area contributed by atoms with Gasteiger partial charge in [0.1, 0.15) is 0 Å². The third-order valence-electron chi connectivity index (χ3n) is 0.109. The Bertz CT molecular complexity index is 20.9. The van der Waals surface area contributed by atoms with Crippen LogP contribution in [0.1, 0.15) is 0 Å². The van der Waals surface area contributed by atoms with Gasteiger partial charge in [0.2, 0.25) is 0 Å². The van der Waals surface area contributed by atoms with Crippen molar-refractivity contribution in [3.8, 4) is 0 Å². The largest absolute Gasteiger partial charge is 0.315 e. The summed E-state index contributed by atoms with van der Waals surface area (Å²) in [6.45, 7) is 0. The lowest BCUT2D eigenvalue weighted by Crippen LogP contribution is -1.94. The SMILES string of the molecule is F[Si]C([Si])[Si]. The maximum atomic E-state index is 11.0. The van der Waals surface area contributed by atoms with Crippen molar-refractivity contribution in [3.05, 3.63) is 0 Å². The Labute approximate surface area is 40.0 Å². The molecular formula is CHFSi3. The zero-order valence-corrected chi connectivity index (χ0v) is 5.46. The van der Waals surface area contributed by atoms with E-state index in [1.54, 1.807) is 0 Å². The van der Waals surface area contributed by atoms with Crippen molar-refractivity contribution in [2.45, 2.75) is 4.79 Å². The minimum absolute atomic E-state index is 0.144. The van der Waals surface area contributed by atoms with E-state index in [4.69, 9.17) is 0 Å². The monoisotopic (exact) mass is 116 g/mol. The summed E-state index contributed by atoms with van der Waals surface area (Å²) in [6, 6.07) is 0. The second kappa shape index (κ2) is 2.80. The summed E-state index contributed by atoms with van der Waals surface area (Å²) in [7, 11) is 5.38. The van der Waals surface area contributed by atoms with E-state index in [0.29, 0.717) is 0 Å². The van der Waals surface area contributed by atoms with Crippen molar-refractivity contribution in [2.75, 3.05) is 0 Å². The predicted octanol–water partition coefficient (Wildman–Crippen LogP) is -0.384. The Morgan fingerprint density at radius 1 is 1.60 bits per heavy atom. The van der Waals surface area contributed by atoms with E-state index in [0.717, 1.165) is 0 Å². The molecule has 0 atom stereocenters. The number of rotatable bonds is 1. The molecule has 0 unspecified atom stereocenters. The molecule has 0 spiro atoms. The smallest absolute Gasteiger partial charge is 0.290 e. The summed E-state index contributed by atoms with van der Waals surface area (Å²) >= 11 is 0. The summed E-state index contributed by atoms with van der Waals surface area (Å²) in [5, 5.41) is 0. The van der Waals surface area contributed by atoms with Crippen molar-refractivity contribution in [2.24, 2.45) is 0 Å². The fourth-order valence-electron chi connectivity index (χ4n) is 0. The van der Waals surface area contributed by atoms with Crippen LogP contribution in [0.4, 0.5) is 4.11 Å². The first-order valence-corrected chi connectivity index (χ1v) is 3.17. The normalized spacial score (nSPS) is 9.60. The number of hydrogen-bond acceptors (Lipinski definition) is 0.